The molecule has 2 N–H and O–H groups in total. The zero-order valence-corrected chi connectivity index (χ0v) is 8.84. The molecule has 14 heavy (non-hydrogen) atoms. The summed E-state index contributed by atoms with van der Waals surface area (Å²) in [7, 11) is 1.88. The Hall–Kier alpha value is -0.610. The van der Waals surface area contributed by atoms with Crippen molar-refractivity contribution in [2.24, 2.45) is 5.92 Å². The Morgan fingerprint density at radius 3 is 3.00 bits per heavy atom. The molecule has 1 amide bonds. The largest absolute Gasteiger partial charge is 0.381 e. The van der Waals surface area contributed by atoms with E-state index in [1.54, 1.807) is 0 Å². The van der Waals surface area contributed by atoms with Gasteiger partial charge in [0.25, 0.3) is 0 Å². The highest BCUT2D eigenvalue weighted by Gasteiger charge is 2.16. The summed E-state index contributed by atoms with van der Waals surface area (Å²) in [5.74, 6) is 0.761. The third-order valence-electron chi connectivity index (χ3n) is 2.50. The van der Waals surface area contributed by atoms with Gasteiger partial charge in [0.15, 0.2) is 0 Å². The summed E-state index contributed by atoms with van der Waals surface area (Å²) in [5.41, 5.74) is 0. The number of hydrogen-bond acceptors (Lipinski definition) is 3. The van der Waals surface area contributed by atoms with Crippen molar-refractivity contribution in [1.82, 2.24) is 10.6 Å². The SMILES string of the molecule is CNCCNC(=O)CCC1CCOC1. The Kier molecular flexibility index (Phi) is 5.56. The fourth-order valence-electron chi connectivity index (χ4n) is 1.56. The summed E-state index contributed by atoms with van der Waals surface area (Å²) < 4.78 is 5.25. The molecule has 0 radical (unpaired) electrons. The second-order valence-corrected chi connectivity index (χ2v) is 3.72. The molecule has 4 heteroatoms. The monoisotopic (exact) mass is 200 g/mol. The number of carbonyl (C=O) groups excluding carboxylic acids is 1. The van der Waals surface area contributed by atoms with Crippen LogP contribution in [0.4, 0.5) is 0 Å². The third kappa shape index (κ3) is 4.58. The van der Waals surface area contributed by atoms with E-state index in [0.29, 0.717) is 12.3 Å². The zero-order valence-electron chi connectivity index (χ0n) is 8.84. The average molecular weight is 200 g/mol. The van der Waals surface area contributed by atoms with Gasteiger partial charge in [0.1, 0.15) is 0 Å². The first kappa shape index (κ1) is 11.5. The lowest BCUT2D eigenvalue weighted by Gasteiger charge is -2.07. The number of rotatable bonds is 6. The van der Waals surface area contributed by atoms with E-state index in [2.05, 4.69) is 10.6 Å². The van der Waals surface area contributed by atoms with E-state index >= 15 is 0 Å². The molecule has 1 aliphatic heterocycles. The number of nitrogens with one attached hydrogen (secondary N) is 2. The van der Waals surface area contributed by atoms with Crippen molar-refractivity contribution in [3.63, 3.8) is 0 Å². The molecule has 82 valence electrons. The van der Waals surface area contributed by atoms with Gasteiger partial charge in [-0.1, -0.05) is 0 Å². The van der Waals surface area contributed by atoms with Crippen LogP contribution in [0.15, 0.2) is 0 Å². The molecular weight excluding hydrogens is 180 g/mol. The maximum Gasteiger partial charge on any atom is 0.220 e. The minimum atomic E-state index is 0.159. The number of likely N-dealkylation sites (N-methyl/N-ethyl adjacent to an activating group) is 1. The van der Waals surface area contributed by atoms with Crippen LogP contribution in [0, 0.1) is 5.92 Å². The lowest BCUT2D eigenvalue weighted by Crippen LogP contribution is -2.30. The quantitative estimate of drug-likeness (QED) is 0.600. The summed E-state index contributed by atoms with van der Waals surface area (Å²) in [6.45, 7) is 3.25. The molecule has 0 aromatic rings. The molecule has 1 atom stereocenters. The lowest BCUT2D eigenvalue weighted by molar-refractivity contribution is -0.121. The average Bonchev–Trinajstić information content (AvgIpc) is 2.68. The van der Waals surface area contributed by atoms with E-state index in [1.165, 1.54) is 0 Å². The molecule has 1 heterocycles. The van der Waals surface area contributed by atoms with Crippen molar-refractivity contribution in [2.45, 2.75) is 19.3 Å². The number of carbonyl (C=O) groups is 1. The maximum absolute atomic E-state index is 11.3. The third-order valence-corrected chi connectivity index (χ3v) is 2.50. The van der Waals surface area contributed by atoms with Crippen molar-refractivity contribution >= 4 is 5.91 Å². The summed E-state index contributed by atoms with van der Waals surface area (Å²) in [6.07, 6.45) is 2.72. The van der Waals surface area contributed by atoms with Gasteiger partial charge in [0, 0.05) is 32.7 Å². The molecule has 1 unspecified atom stereocenters. The molecule has 0 spiro atoms. The molecule has 4 nitrogen and oxygen atoms in total. The van der Waals surface area contributed by atoms with Crippen LogP contribution in [0.2, 0.25) is 0 Å². The van der Waals surface area contributed by atoms with E-state index in [1.807, 2.05) is 7.05 Å². The Bertz CT molecular complexity index is 168. The van der Waals surface area contributed by atoms with Gasteiger partial charge in [-0.05, 0) is 25.8 Å². The Morgan fingerprint density at radius 2 is 2.36 bits per heavy atom. The Morgan fingerprint density at radius 1 is 1.50 bits per heavy atom. The van der Waals surface area contributed by atoms with E-state index < -0.39 is 0 Å². The molecular formula is C10H20N2O2. The molecule has 0 aromatic heterocycles. The minimum absolute atomic E-state index is 0.159. The fourth-order valence-corrected chi connectivity index (χ4v) is 1.56. The number of ether oxygens (including phenoxy) is 1. The predicted molar refractivity (Wildman–Crippen MR) is 55.1 cm³/mol. The fraction of sp³-hybridized carbons (Fsp3) is 0.900. The highest BCUT2D eigenvalue weighted by molar-refractivity contribution is 5.75. The first-order valence-electron chi connectivity index (χ1n) is 5.32. The van der Waals surface area contributed by atoms with Crippen LogP contribution < -0.4 is 10.6 Å². The zero-order chi connectivity index (χ0) is 10.2. The second-order valence-electron chi connectivity index (χ2n) is 3.72. The van der Waals surface area contributed by atoms with Crippen molar-refractivity contribution < 1.29 is 9.53 Å². The second kappa shape index (κ2) is 6.79. The first-order valence-corrected chi connectivity index (χ1v) is 5.32. The molecule has 1 saturated heterocycles. The van der Waals surface area contributed by atoms with E-state index in [-0.39, 0.29) is 5.91 Å². The van der Waals surface area contributed by atoms with Gasteiger partial charge in [0.05, 0.1) is 0 Å². The summed E-state index contributed by atoms with van der Waals surface area (Å²) in [6, 6.07) is 0. The van der Waals surface area contributed by atoms with Crippen molar-refractivity contribution in [1.29, 1.82) is 0 Å². The Labute approximate surface area is 85.4 Å². The molecule has 0 aromatic carbocycles. The minimum Gasteiger partial charge on any atom is -0.381 e. The van der Waals surface area contributed by atoms with Crippen LogP contribution in [0.5, 0.6) is 0 Å². The summed E-state index contributed by atoms with van der Waals surface area (Å²) in [5, 5.41) is 5.85. The highest BCUT2D eigenvalue weighted by atomic mass is 16.5. The lowest BCUT2D eigenvalue weighted by atomic mass is 10.0. The van der Waals surface area contributed by atoms with Crippen molar-refractivity contribution in [2.75, 3.05) is 33.4 Å². The molecule has 1 rings (SSSR count). The van der Waals surface area contributed by atoms with Crippen LogP contribution in [-0.2, 0) is 9.53 Å². The molecule has 1 aliphatic rings. The molecule has 0 bridgehead atoms. The summed E-state index contributed by atoms with van der Waals surface area (Å²) in [4.78, 5) is 11.3. The van der Waals surface area contributed by atoms with Gasteiger partial charge in [-0.15, -0.1) is 0 Å². The standard InChI is InChI=1S/C10H20N2O2/c1-11-5-6-12-10(13)3-2-9-4-7-14-8-9/h9,11H,2-8H2,1H3,(H,12,13). The topological polar surface area (TPSA) is 50.4 Å². The number of hydrogen-bond donors (Lipinski definition) is 2. The van der Waals surface area contributed by atoms with Gasteiger partial charge in [0.2, 0.25) is 5.91 Å². The van der Waals surface area contributed by atoms with E-state index in [4.69, 9.17) is 4.74 Å². The van der Waals surface area contributed by atoms with Crippen molar-refractivity contribution in [3.05, 3.63) is 0 Å². The van der Waals surface area contributed by atoms with Crippen LogP contribution >= 0.6 is 0 Å². The smallest absolute Gasteiger partial charge is 0.220 e. The van der Waals surface area contributed by atoms with Gasteiger partial charge < -0.3 is 15.4 Å². The van der Waals surface area contributed by atoms with Crippen molar-refractivity contribution in [3.8, 4) is 0 Å². The van der Waals surface area contributed by atoms with Gasteiger partial charge in [-0.2, -0.15) is 0 Å². The maximum atomic E-state index is 11.3. The van der Waals surface area contributed by atoms with Gasteiger partial charge in [-0.3, -0.25) is 4.79 Å². The Balaban J connectivity index is 1.96. The van der Waals surface area contributed by atoms with Crippen LogP contribution in [-0.4, -0.2) is 39.3 Å². The first-order chi connectivity index (χ1) is 6.83. The summed E-state index contributed by atoms with van der Waals surface area (Å²) >= 11 is 0. The highest BCUT2D eigenvalue weighted by Crippen LogP contribution is 2.17. The normalized spacial score (nSPS) is 21.1. The van der Waals surface area contributed by atoms with Gasteiger partial charge >= 0.3 is 0 Å². The molecule has 0 aliphatic carbocycles. The van der Waals surface area contributed by atoms with E-state index in [9.17, 15) is 4.79 Å². The van der Waals surface area contributed by atoms with Crippen LogP contribution in [0.25, 0.3) is 0 Å². The predicted octanol–water partition coefficient (Wildman–Crippen LogP) is 0.139. The van der Waals surface area contributed by atoms with Gasteiger partial charge in [-0.25, -0.2) is 0 Å². The van der Waals surface area contributed by atoms with Crippen LogP contribution in [0.3, 0.4) is 0 Å². The number of amides is 1. The van der Waals surface area contributed by atoms with E-state index in [0.717, 1.165) is 39.1 Å². The molecule has 0 saturated carbocycles. The van der Waals surface area contributed by atoms with Crippen LogP contribution in [0.1, 0.15) is 19.3 Å². The molecule has 1 fully saturated rings.